The zero-order valence-corrected chi connectivity index (χ0v) is 22.8. The van der Waals surface area contributed by atoms with Gasteiger partial charge in [-0.15, -0.1) is 0 Å². The van der Waals surface area contributed by atoms with Crippen molar-refractivity contribution in [1.82, 2.24) is 20.2 Å². The Morgan fingerprint density at radius 2 is 2.15 bits per heavy atom. The summed E-state index contributed by atoms with van der Waals surface area (Å²) in [5.41, 5.74) is 2.42. The van der Waals surface area contributed by atoms with Crippen LogP contribution in [0, 0.1) is 0 Å². The summed E-state index contributed by atoms with van der Waals surface area (Å²) in [7, 11) is 0. The maximum atomic E-state index is 13.1. The number of ether oxygens (including phenoxy) is 1. The molecule has 9 nitrogen and oxygen atoms in total. The lowest BCUT2D eigenvalue weighted by Crippen LogP contribution is -2.44. The molecule has 13 heteroatoms. The van der Waals surface area contributed by atoms with Crippen molar-refractivity contribution >= 4 is 36.8 Å². The normalized spacial score (nSPS) is 17.3. The molecule has 1 aromatic carbocycles. The van der Waals surface area contributed by atoms with Crippen LogP contribution in [-0.4, -0.2) is 63.6 Å². The van der Waals surface area contributed by atoms with Crippen molar-refractivity contribution in [2.45, 2.75) is 50.5 Å². The van der Waals surface area contributed by atoms with Gasteiger partial charge in [-0.05, 0) is 35.7 Å². The number of carbonyl (C=O) groups excluding carboxylic acids is 1. The van der Waals surface area contributed by atoms with Crippen LogP contribution in [0.25, 0.3) is 0 Å². The number of benzene rings is 1. The second-order valence-corrected chi connectivity index (χ2v) is 10.0. The highest BCUT2D eigenvalue weighted by Gasteiger charge is 2.45. The molecule has 1 atom stereocenters. The summed E-state index contributed by atoms with van der Waals surface area (Å²) in [6.07, 6.45) is 3.81. The first-order valence-corrected chi connectivity index (χ1v) is 12.7. The topological polar surface area (TPSA) is 113 Å². The molecule has 0 radical (unpaired) electrons. The number of β-amino-alcohol motifs (C(OH)–C–C–N with tert-alkyl or cyclic N) is 1. The number of carbonyl (C=O) groups is 1. The number of aliphatic hydroxyl groups excluding tert-OH is 1. The lowest BCUT2D eigenvalue weighted by atomic mass is 9.88. The van der Waals surface area contributed by atoms with E-state index in [0.717, 1.165) is 11.1 Å². The fraction of sp³-hybridized carbons (Fsp3) is 0.423. The van der Waals surface area contributed by atoms with Gasteiger partial charge in [-0.2, -0.15) is 13.5 Å². The minimum atomic E-state index is -2.64. The molecule has 5 rings (SSSR count). The number of aliphatic hydroxyl groups is 1. The van der Waals surface area contributed by atoms with E-state index in [0.29, 0.717) is 54.0 Å². The predicted molar refractivity (Wildman–Crippen MR) is 146 cm³/mol. The average molecular weight is 582 g/mol. The number of oxazole rings is 1. The van der Waals surface area contributed by atoms with Gasteiger partial charge in [-0.25, -0.2) is 18.7 Å². The second-order valence-electron chi connectivity index (χ2n) is 9.66. The van der Waals surface area contributed by atoms with E-state index in [-0.39, 0.29) is 51.4 Å². The summed E-state index contributed by atoms with van der Waals surface area (Å²) in [6.45, 7) is 1.99. The van der Waals surface area contributed by atoms with E-state index >= 15 is 0 Å². The lowest BCUT2D eigenvalue weighted by molar-refractivity contribution is -0.0794. The Bertz CT molecular complexity index is 1280. The third-order valence-electron chi connectivity index (χ3n) is 6.66. The van der Waals surface area contributed by atoms with Crippen LogP contribution in [-0.2, 0) is 19.6 Å². The average Bonchev–Trinajstić information content (AvgIpc) is 3.40. The number of aromatic nitrogens is 2. The molecule has 0 unspecified atom stereocenters. The minimum absolute atomic E-state index is 0. The van der Waals surface area contributed by atoms with Crippen molar-refractivity contribution in [2.24, 2.45) is 0 Å². The SMILES string of the molecule is O=C(NC[C@H](O)CN1CCc2c(ccc(OCc3cnco3)c2Cl)C1)c1ccnc(NC2CC(F)(F)C2)c1.S. The van der Waals surface area contributed by atoms with Crippen molar-refractivity contribution in [2.75, 3.05) is 25.0 Å². The van der Waals surface area contributed by atoms with Gasteiger partial charge < -0.3 is 24.9 Å². The first-order valence-electron chi connectivity index (χ1n) is 12.4. The Hall–Kier alpha value is -2.93. The van der Waals surface area contributed by atoms with Crippen LogP contribution in [0.1, 0.15) is 40.1 Å². The number of nitrogens with one attached hydrogen (secondary N) is 2. The highest BCUT2D eigenvalue weighted by molar-refractivity contribution is 7.59. The molecular weight excluding hydrogens is 552 g/mol. The Morgan fingerprint density at radius 1 is 1.33 bits per heavy atom. The van der Waals surface area contributed by atoms with Gasteiger partial charge in [-0.3, -0.25) is 9.69 Å². The number of anilines is 1. The molecule has 210 valence electrons. The second kappa shape index (κ2) is 12.5. The molecule has 1 fully saturated rings. The van der Waals surface area contributed by atoms with E-state index in [2.05, 4.69) is 25.5 Å². The van der Waals surface area contributed by atoms with Crippen LogP contribution in [0.4, 0.5) is 14.6 Å². The quantitative estimate of drug-likeness (QED) is 0.332. The Morgan fingerprint density at radius 3 is 2.90 bits per heavy atom. The molecule has 3 aromatic rings. The zero-order chi connectivity index (χ0) is 26.7. The molecular formula is C26H30ClF2N5O4S. The number of amides is 1. The summed E-state index contributed by atoms with van der Waals surface area (Å²) in [6, 6.07) is 6.49. The Balaban J connectivity index is 0.00000353. The van der Waals surface area contributed by atoms with Gasteiger partial charge in [-0.1, -0.05) is 17.7 Å². The van der Waals surface area contributed by atoms with Crippen LogP contribution < -0.4 is 15.4 Å². The van der Waals surface area contributed by atoms with Gasteiger partial charge >= 0.3 is 0 Å². The number of nitrogens with zero attached hydrogens (tertiary/aromatic N) is 3. The van der Waals surface area contributed by atoms with E-state index in [1.54, 1.807) is 6.20 Å². The molecule has 39 heavy (non-hydrogen) atoms. The molecule has 1 aliphatic heterocycles. The first-order chi connectivity index (χ1) is 18.3. The molecule has 3 heterocycles. The highest BCUT2D eigenvalue weighted by atomic mass is 35.5. The number of halogens is 3. The van der Waals surface area contributed by atoms with Crippen molar-refractivity contribution in [3.63, 3.8) is 0 Å². The maximum Gasteiger partial charge on any atom is 0.252 e. The number of hydrogen-bond acceptors (Lipinski definition) is 8. The minimum Gasteiger partial charge on any atom is -0.484 e. The molecule has 0 saturated heterocycles. The Kier molecular flexibility index (Phi) is 9.31. The van der Waals surface area contributed by atoms with Gasteiger partial charge in [0.05, 0.1) is 17.3 Å². The first kappa shape index (κ1) is 29.1. The van der Waals surface area contributed by atoms with E-state index < -0.39 is 12.0 Å². The van der Waals surface area contributed by atoms with Gasteiger partial charge in [0, 0.05) is 56.8 Å². The van der Waals surface area contributed by atoms with Gasteiger partial charge in [0.25, 0.3) is 11.8 Å². The third-order valence-corrected chi connectivity index (χ3v) is 7.08. The lowest BCUT2D eigenvalue weighted by Gasteiger charge is -2.35. The van der Waals surface area contributed by atoms with E-state index in [9.17, 15) is 18.7 Å². The fourth-order valence-electron chi connectivity index (χ4n) is 4.68. The predicted octanol–water partition coefficient (Wildman–Crippen LogP) is 3.77. The molecule has 2 aromatic heterocycles. The van der Waals surface area contributed by atoms with Crippen molar-refractivity contribution in [1.29, 1.82) is 0 Å². The summed E-state index contributed by atoms with van der Waals surface area (Å²) >= 11 is 6.60. The van der Waals surface area contributed by atoms with Crippen molar-refractivity contribution in [3.8, 4) is 5.75 Å². The number of alkyl halides is 2. The number of pyridine rings is 1. The summed E-state index contributed by atoms with van der Waals surface area (Å²) in [4.78, 5) is 22.6. The van der Waals surface area contributed by atoms with Gasteiger partial charge in [0.1, 0.15) is 18.2 Å². The van der Waals surface area contributed by atoms with Crippen molar-refractivity contribution in [3.05, 3.63) is 70.5 Å². The molecule has 1 aliphatic carbocycles. The smallest absolute Gasteiger partial charge is 0.252 e. The number of hydrogen-bond donors (Lipinski definition) is 3. The van der Waals surface area contributed by atoms with E-state index in [4.69, 9.17) is 20.8 Å². The molecule has 0 spiro atoms. The molecule has 3 N–H and O–H groups in total. The molecule has 1 saturated carbocycles. The fourth-order valence-corrected chi connectivity index (χ4v) is 5.01. The van der Waals surface area contributed by atoms with E-state index in [1.165, 1.54) is 24.7 Å². The summed E-state index contributed by atoms with van der Waals surface area (Å²) < 4.78 is 37.1. The van der Waals surface area contributed by atoms with Gasteiger partial charge in [0.2, 0.25) is 0 Å². The monoisotopic (exact) mass is 581 g/mol. The highest BCUT2D eigenvalue weighted by Crippen LogP contribution is 2.39. The third kappa shape index (κ3) is 7.38. The van der Waals surface area contributed by atoms with Gasteiger partial charge in [0.15, 0.2) is 12.2 Å². The largest absolute Gasteiger partial charge is 0.484 e. The molecule has 1 amide bonds. The maximum absolute atomic E-state index is 13.1. The molecule has 0 bridgehead atoms. The Labute approximate surface area is 236 Å². The van der Waals surface area contributed by atoms with E-state index in [1.807, 2.05) is 12.1 Å². The summed E-state index contributed by atoms with van der Waals surface area (Å²) in [5, 5.41) is 16.8. The van der Waals surface area contributed by atoms with Crippen molar-refractivity contribution < 1.29 is 27.8 Å². The van der Waals surface area contributed by atoms with Crippen LogP contribution >= 0.6 is 25.1 Å². The summed E-state index contributed by atoms with van der Waals surface area (Å²) in [5.74, 6) is -1.45. The van der Waals surface area contributed by atoms with Crippen LogP contribution in [0.5, 0.6) is 5.75 Å². The number of fused-ring (bicyclic) bond motifs is 1. The van der Waals surface area contributed by atoms with Crippen LogP contribution in [0.2, 0.25) is 5.02 Å². The standard InChI is InChI=1S/C26H28ClF2N5O4.H2S/c27-24-21-4-6-34(12-17(21)1-2-22(24)37-14-20-11-30-15-38-20)13-19(35)10-32-25(36)16-3-5-31-23(7-16)33-18-8-26(28,29)9-18;/h1-3,5,7,11,15,18-19,35H,4,6,8-10,12-14H2,(H,31,33)(H,32,36);1H2/t19-;/m0./s1. The molecule has 2 aliphatic rings. The van der Waals surface area contributed by atoms with Crippen LogP contribution in [0.3, 0.4) is 0 Å². The zero-order valence-electron chi connectivity index (χ0n) is 21.0. The van der Waals surface area contributed by atoms with Crippen LogP contribution in [0.15, 0.2) is 47.5 Å². The number of rotatable bonds is 10.